The first-order chi connectivity index (χ1) is 9.00. The fourth-order valence-electron chi connectivity index (χ4n) is 1.84. The lowest BCUT2D eigenvalue weighted by molar-refractivity contribution is -0.142. The normalized spacial score (nSPS) is 14.2. The van der Waals surface area contributed by atoms with Gasteiger partial charge in [-0.3, -0.25) is 4.79 Å². The minimum Gasteiger partial charge on any atom is -0.480 e. The quantitative estimate of drug-likeness (QED) is 0.849. The van der Waals surface area contributed by atoms with Crippen LogP contribution in [0.25, 0.3) is 10.7 Å². The highest BCUT2D eigenvalue weighted by molar-refractivity contribution is 7.13. The molecule has 0 radical (unpaired) electrons. The summed E-state index contributed by atoms with van der Waals surface area (Å²) in [6.45, 7) is 2.26. The second-order valence-electron chi connectivity index (χ2n) is 4.75. The highest BCUT2D eigenvalue weighted by atomic mass is 32.1. The number of hydrogen-bond acceptors (Lipinski definition) is 4. The molecule has 0 saturated heterocycles. The Morgan fingerprint density at radius 3 is 3.05 bits per heavy atom. The number of aliphatic carboxylic acids is 1. The van der Waals surface area contributed by atoms with E-state index in [1.807, 2.05) is 28.3 Å². The molecule has 1 unspecified atom stereocenters. The van der Waals surface area contributed by atoms with Gasteiger partial charge in [-0.25, -0.2) is 4.98 Å². The van der Waals surface area contributed by atoms with E-state index in [-0.39, 0.29) is 0 Å². The SMILES string of the molecule is CC(N)(CCCn1ccnc1-c1cccs1)C(=O)O. The Morgan fingerprint density at radius 1 is 1.63 bits per heavy atom. The monoisotopic (exact) mass is 279 g/mol. The van der Waals surface area contributed by atoms with Crippen molar-refractivity contribution in [1.29, 1.82) is 0 Å². The summed E-state index contributed by atoms with van der Waals surface area (Å²) in [4.78, 5) is 16.4. The van der Waals surface area contributed by atoms with Crippen molar-refractivity contribution >= 4 is 17.3 Å². The molecule has 2 aromatic rings. The van der Waals surface area contributed by atoms with Crippen LogP contribution < -0.4 is 5.73 Å². The van der Waals surface area contributed by atoms with Crippen LogP contribution in [-0.2, 0) is 11.3 Å². The Hall–Kier alpha value is -1.66. The van der Waals surface area contributed by atoms with Crippen LogP contribution in [0.3, 0.4) is 0 Å². The topological polar surface area (TPSA) is 81.1 Å². The largest absolute Gasteiger partial charge is 0.480 e. The Balaban J connectivity index is 1.98. The lowest BCUT2D eigenvalue weighted by atomic mass is 9.97. The minimum atomic E-state index is -1.16. The number of rotatable bonds is 6. The van der Waals surface area contributed by atoms with E-state index in [9.17, 15) is 4.79 Å². The van der Waals surface area contributed by atoms with Crippen LogP contribution in [0.2, 0.25) is 0 Å². The van der Waals surface area contributed by atoms with E-state index in [1.54, 1.807) is 24.5 Å². The average Bonchev–Trinajstić information content (AvgIpc) is 2.97. The molecular formula is C13H17N3O2S. The van der Waals surface area contributed by atoms with Gasteiger partial charge in [-0.15, -0.1) is 11.3 Å². The molecule has 0 amide bonds. The van der Waals surface area contributed by atoms with Crippen LogP contribution in [0.15, 0.2) is 29.9 Å². The van der Waals surface area contributed by atoms with Crippen molar-refractivity contribution in [3.63, 3.8) is 0 Å². The number of aromatic nitrogens is 2. The number of hydrogen-bond donors (Lipinski definition) is 2. The van der Waals surface area contributed by atoms with E-state index in [0.29, 0.717) is 19.4 Å². The molecule has 2 heterocycles. The van der Waals surface area contributed by atoms with Crippen LogP contribution in [0.4, 0.5) is 0 Å². The Kier molecular flexibility index (Phi) is 4.01. The van der Waals surface area contributed by atoms with Crippen molar-refractivity contribution in [3.8, 4) is 10.7 Å². The molecule has 0 saturated carbocycles. The summed E-state index contributed by atoms with van der Waals surface area (Å²) in [7, 11) is 0. The number of carboxylic acid groups (broad SMARTS) is 1. The number of carbonyl (C=O) groups is 1. The van der Waals surface area contributed by atoms with E-state index in [0.717, 1.165) is 10.7 Å². The predicted octanol–water partition coefficient (Wildman–Crippen LogP) is 2.19. The van der Waals surface area contributed by atoms with Crippen molar-refractivity contribution in [2.75, 3.05) is 0 Å². The van der Waals surface area contributed by atoms with Gasteiger partial charge in [-0.1, -0.05) is 6.07 Å². The van der Waals surface area contributed by atoms with Gasteiger partial charge in [0.05, 0.1) is 4.88 Å². The van der Waals surface area contributed by atoms with Crippen LogP contribution in [0.5, 0.6) is 0 Å². The zero-order valence-electron chi connectivity index (χ0n) is 10.7. The van der Waals surface area contributed by atoms with Gasteiger partial charge >= 0.3 is 5.97 Å². The van der Waals surface area contributed by atoms with Crippen molar-refractivity contribution < 1.29 is 9.90 Å². The predicted molar refractivity (Wildman–Crippen MR) is 75.0 cm³/mol. The fourth-order valence-corrected chi connectivity index (χ4v) is 2.58. The van der Waals surface area contributed by atoms with Crippen LogP contribution >= 0.6 is 11.3 Å². The summed E-state index contributed by atoms with van der Waals surface area (Å²) in [5, 5.41) is 11.0. The molecule has 1 atom stereocenters. The molecule has 19 heavy (non-hydrogen) atoms. The number of thiophene rings is 1. The van der Waals surface area contributed by atoms with Gasteiger partial charge in [-0.2, -0.15) is 0 Å². The molecule has 0 fully saturated rings. The molecule has 0 aliphatic rings. The smallest absolute Gasteiger partial charge is 0.323 e. The highest BCUT2D eigenvalue weighted by Gasteiger charge is 2.27. The van der Waals surface area contributed by atoms with Crippen LogP contribution in [0.1, 0.15) is 19.8 Å². The lowest BCUT2D eigenvalue weighted by Gasteiger charge is -2.19. The van der Waals surface area contributed by atoms with Crippen LogP contribution in [0, 0.1) is 0 Å². The maximum Gasteiger partial charge on any atom is 0.323 e. The summed E-state index contributed by atoms with van der Waals surface area (Å²) in [5.41, 5.74) is 4.55. The van der Waals surface area contributed by atoms with Gasteiger partial charge in [-0.05, 0) is 31.2 Å². The van der Waals surface area contributed by atoms with Gasteiger partial charge in [0.2, 0.25) is 0 Å². The molecule has 3 N–H and O–H groups in total. The molecule has 0 bridgehead atoms. The third-order valence-corrected chi connectivity index (χ3v) is 3.91. The molecular weight excluding hydrogens is 262 g/mol. The van der Waals surface area contributed by atoms with E-state index in [1.165, 1.54) is 0 Å². The molecule has 0 spiro atoms. The number of nitrogens with zero attached hydrogens (tertiary/aromatic N) is 2. The Morgan fingerprint density at radius 2 is 2.42 bits per heavy atom. The summed E-state index contributed by atoms with van der Waals surface area (Å²) < 4.78 is 2.03. The zero-order chi connectivity index (χ0) is 13.9. The van der Waals surface area contributed by atoms with Crippen molar-refractivity contribution in [3.05, 3.63) is 29.9 Å². The van der Waals surface area contributed by atoms with Crippen molar-refractivity contribution in [2.24, 2.45) is 5.73 Å². The summed E-state index contributed by atoms with van der Waals surface area (Å²) in [6.07, 6.45) is 4.80. The first-order valence-corrected chi connectivity index (χ1v) is 6.96. The number of nitrogens with two attached hydrogens (primary N) is 1. The van der Waals surface area contributed by atoms with E-state index in [2.05, 4.69) is 4.98 Å². The third kappa shape index (κ3) is 3.21. The molecule has 102 valence electrons. The lowest BCUT2D eigenvalue weighted by Crippen LogP contribution is -2.44. The summed E-state index contributed by atoms with van der Waals surface area (Å²) in [5.74, 6) is -0.0411. The molecule has 6 heteroatoms. The molecule has 5 nitrogen and oxygen atoms in total. The maximum absolute atomic E-state index is 10.9. The van der Waals surface area contributed by atoms with E-state index < -0.39 is 11.5 Å². The number of imidazole rings is 1. The Labute approximate surface area is 115 Å². The summed E-state index contributed by atoms with van der Waals surface area (Å²) in [6, 6.07) is 4.01. The molecule has 2 rings (SSSR count). The number of aryl methyl sites for hydroxylation is 1. The van der Waals surface area contributed by atoms with Gasteiger partial charge in [0.25, 0.3) is 0 Å². The minimum absolute atomic E-state index is 0.435. The summed E-state index contributed by atoms with van der Waals surface area (Å²) >= 11 is 1.64. The second-order valence-corrected chi connectivity index (χ2v) is 5.70. The third-order valence-electron chi connectivity index (χ3n) is 3.04. The molecule has 0 aliphatic carbocycles. The molecule has 0 aliphatic heterocycles. The number of carboxylic acids is 1. The zero-order valence-corrected chi connectivity index (χ0v) is 11.6. The molecule has 2 aromatic heterocycles. The van der Waals surface area contributed by atoms with Gasteiger partial charge in [0.15, 0.2) is 0 Å². The molecule has 0 aromatic carbocycles. The first-order valence-electron chi connectivity index (χ1n) is 6.08. The maximum atomic E-state index is 10.9. The van der Waals surface area contributed by atoms with E-state index >= 15 is 0 Å². The highest BCUT2D eigenvalue weighted by Crippen LogP contribution is 2.23. The Bertz CT molecular complexity index is 546. The standard InChI is InChI=1S/C13H17N3O2S/c1-13(14,12(17)18)5-3-7-16-8-6-15-11(16)10-4-2-9-19-10/h2,4,6,8-9H,3,5,7,14H2,1H3,(H,17,18). The second kappa shape index (κ2) is 5.54. The van der Waals surface area contributed by atoms with Crippen molar-refractivity contribution in [1.82, 2.24) is 9.55 Å². The van der Waals surface area contributed by atoms with Gasteiger partial charge in [0, 0.05) is 18.9 Å². The van der Waals surface area contributed by atoms with Gasteiger partial charge < -0.3 is 15.4 Å². The van der Waals surface area contributed by atoms with Crippen molar-refractivity contribution in [2.45, 2.75) is 31.8 Å². The fraction of sp³-hybridized carbons (Fsp3) is 0.385. The van der Waals surface area contributed by atoms with E-state index in [4.69, 9.17) is 10.8 Å². The first kappa shape index (κ1) is 13.8. The average molecular weight is 279 g/mol. The van der Waals surface area contributed by atoms with Crippen LogP contribution in [-0.4, -0.2) is 26.2 Å². The van der Waals surface area contributed by atoms with Gasteiger partial charge in [0.1, 0.15) is 11.4 Å².